The first-order chi connectivity index (χ1) is 8.67. The molecule has 1 aromatic heterocycles. The van der Waals surface area contributed by atoms with Gasteiger partial charge in [0.1, 0.15) is 16.8 Å². The van der Waals surface area contributed by atoms with Crippen LogP contribution in [0.4, 0.5) is 4.39 Å². The number of thiophene rings is 1. The van der Waals surface area contributed by atoms with Gasteiger partial charge in [0.15, 0.2) is 0 Å². The Morgan fingerprint density at radius 1 is 1.28 bits per heavy atom. The maximum atomic E-state index is 12.8. The Morgan fingerprint density at radius 3 is 2.61 bits per heavy atom. The molecule has 0 unspecified atom stereocenters. The predicted molar refractivity (Wildman–Crippen MR) is 72.8 cm³/mol. The van der Waals surface area contributed by atoms with E-state index in [0.717, 1.165) is 16.3 Å². The molecular formula is C13H11FN2S2. The molecule has 1 heterocycles. The molecule has 0 aliphatic heterocycles. The zero-order valence-electron chi connectivity index (χ0n) is 9.76. The number of nitrogens with zero attached hydrogens (tertiary/aromatic N) is 2. The van der Waals surface area contributed by atoms with Crippen molar-refractivity contribution in [2.24, 2.45) is 0 Å². The van der Waals surface area contributed by atoms with E-state index < -0.39 is 0 Å². The van der Waals surface area contributed by atoms with E-state index >= 15 is 0 Å². The SMILES string of the molecule is CN(Cc1ccc(F)cc1)Sc1ccc(C#N)s1. The van der Waals surface area contributed by atoms with Crippen molar-refractivity contribution in [1.82, 2.24) is 4.31 Å². The molecule has 2 aromatic rings. The normalized spacial score (nSPS) is 10.6. The van der Waals surface area contributed by atoms with Crippen LogP contribution in [-0.2, 0) is 6.54 Å². The molecule has 0 atom stereocenters. The highest BCUT2D eigenvalue weighted by atomic mass is 32.2. The molecule has 0 aliphatic carbocycles. The Morgan fingerprint density at radius 2 is 2.00 bits per heavy atom. The summed E-state index contributed by atoms with van der Waals surface area (Å²) in [6, 6.07) is 12.4. The summed E-state index contributed by atoms with van der Waals surface area (Å²) in [7, 11) is 1.97. The van der Waals surface area contributed by atoms with Gasteiger partial charge in [-0.25, -0.2) is 8.70 Å². The first kappa shape index (κ1) is 13.1. The van der Waals surface area contributed by atoms with Crippen LogP contribution in [0.5, 0.6) is 0 Å². The summed E-state index contributed by atoms with van der Waals surface area (Å²) in [4.78, 5) is 0.715. The molecule has 18 heavy (non-hydrogen) atoms. The number of benzene rings is 1. The van der Waals surface area contributed by atoms with Crippen molar-refractivity contribution < 1.29 is 4.39 Å². The maximum absolute atomic E-state index is 12.8. The fourth-order valence-corrected chi connectivity index (χ4v) is 3.45. The molecule has 0 amide bonds. The first-order valence-corrected chi connectivity index (χ1v) is 6.90. The first-order valence-electron chi connectivity index (χ1n) is 5.31. The third kappa shape index (κ3) is 3.57. The Bertz CT molecular complexity index is 557. The fourth-order valence-electron chi connectivity index (χ4n) is 1.46. The number of hydrogen-bond donors (Lipinski definition) is 0. The van der Waals surface area contributed by atoms with E-state index in [1.165, 1.54) is 23.5 Å². The Balaban J connectivity index is 1.94. The molecule has 0 bridgehead atoms. The molecule has 2 nitrogen and oxygen atoms in total. The maximum Gasteiger partial charge on any atom is 0.123 e. The topological polar surface area (TPSA) is 27.0 Å². The van der Waals surface area contributed by atoms with Gasteiger partial charge in [0.05, 0.1) is 4.21 Å². The molecule has 0 saturated heterocycles. The van der Waals surface area contributed by atoms with Crippen molar-refractivity contribution >= 4 is 23.3 Å². The quantitative estimate of drug-likeness (QED) is 0.794. The van der Waals surface area contributed by atoms with Crippen LogP contribution in [0.2, 0.25) is 0 Å². The number of halogens is 1. The van der Waals surface area contributed by atoms with Crippen molar-refractivity contribution in [1.29, 1.82) is 5.26 Å². The minimum Gasteiger partial charge on any atom is -0.244 e. The van der Waals surface area contributed by atoms with Gasteiger partial charge in [0.2, 0.25) is 0 Å². The van der Waals surface area contributed by atoms with Crippen molar-refractivity contribution in [3.8, 4) is 6.07 Å². The number of rotatable bonds is 4. The van der Waals surface area contributed by atoms with Gasteiger partial charge < -0.3 is 0 Å². The van der Waals surface area contributed by atoms with Gasteiger partial charge in [-0.2, -0.15) is 5.26 Å². The van der Waals surface area contributed by atoms with Crippen molar-refractivity contribution in [2.45, 2.75) is 10.8 Å². The smallest absolute Gasteiger partial charge is 0.123 e. The van der Waals surface area contributed by atoms with Crippen LogP contribution in [0.3, 0.4) is 0 Å². The summed E-state index contributed by atoms with van der Waals surface area (Å²) in [6.07, 6.45) is 0. The summed E-state index contributed by atoms with van der Waals surface area (Å²) in [5, 5.41) is 8.75. The lowest BCUT2D eigenvalue weighted by Gasteiger charge is -2.14. The van der Waals surface area contributed by atoms with Gasteiger partial charge in [0, 0.05) is 6.54 Å². The highest BCUT2D eigenvalue weighted by molar-refractivity contribution is 7.98. The second-order valence-corrected chi connectivity index (χ2v) is 6.32. The number of hydrogen-bond acceptors (Lipinski definition) is 4. The highest BCUT2D eigenvalue weighted by Crippen LogP contribution is 2.29. The minimum absolute atomic E-state index is 0.217. The zero-order chi connectivity index (χ0) is 13.0. The summed E-state index contributed by atoms with van der Waals surface area (Å²) in [6.45, 7) is 0.727. The average Bonchev–Trinajstić information content (AvgIpc) is 2.79. The molecule has 0 spiro atoms. The molecule has 0 saturated carbocycles. The van der Waals surface area contributed by atoms with Crippen LogP contribution in [0, 0.1) is 17.1 Å². The molecule has 0 fully saturated rings. The van der Waals surface area contributed by atoms with Gasteiger partial charge >= 0.3 is 0 Å². The van der Waals surface area contributed by atoms with E-state index in [2.05, 4.69) is 10.4 Å². The van der Waals surface area contributed by atoms with Crippen LogP contribution >= 0.6 is 23.3 Å². The molecule has 0 N–H and O–H groups in total. The van der Waals surface area contributed by atoms with Crippen LogP contribution in [0.15, 0.2) is 40.6 Å². The molecule has 1 aromatic carbocycles. The van der Waals surface area contributed by atoms with Gasteiger partial charge in [-0.05, 0) is 48.8 Å². The zero-order valence-corrected chi connectivity index (χ0v) is 11.4. The monoisotopic (exact) mass is 278 g/mol. The molecule has 0 radical (unpaired) electrons. The lowest BCUT2D eigenvalue weighted by molar-refractivity contribution is 0.563. The van der Waals surface area contributed by atoms with Crippen molar-refractivity contribution in [3.05, 3.63) is 52.7 Å². The lowest BCUT2D eigenvalue weighted by atomic mass is 10.2. The molecule has 0 aliphatic rings. The van der Waals surface area contributed by atoms with Crippen LogP contribution < -0.4 is 0 Å². The Hall–Kier alpha value is -1.35. The minimum atomic E-state index is -0.217. The highest BCUT2D eigenvalue weighted by Gasteiger charge is 2.06. The van der Waals surface area contributed by atoms with Gasteiger partial charge in [0.25, 0.3) is 0 Å². The van der Waals surface area contributed by atoms with Crippen LogP contribution in [-0.4, -0.2) is 11.4 Å². The van der Waals surface area contributed by atoms with Crippen LogP contribution in [0.1, 0.15) is 10.4 Å². The van der Waals surface area contributed by atoms with Crippen molar-refractivity contribution in [3.63, 3.8) is 0 Å². The number of nitriles is 1. The largest absolute Gasteiger partial charge is 0.244 e. The molecular weight excluding hydrogens is 267 g/mol. The standard InChI is InChI=1S/C13H11FN2S2/c1-16(9-10-2-4-11(14)5-3-10)18-13-7-6-12(8-15)17-13/h2-7H,9H2,1H3. The van der Waals surface area contributed by atoms with Crippen molar-refractivity contribution in [2.75, 3.05) is 7.05 Å². The Kier molecular flexibility index (Phi) is 4.37. The van der Waals surface area contributed by atoms with E-state index in [0.29, 0.717) is 4.88 Å². The summed E-state index contributed by atoms with van der Waals surface area (Å²) >= 11 is 3.06. The van der Waals surface area contributed by atoms with E-state index in [9.17, 15) is 4.39 Å². The third-order valence-corrected chi connectivity index (χ3v) is 4.27. The summed E-state index contributed by atoms with van der Waals surface area (Å²) in [5.41, 5.74) is 1.06. The van der Waals surface area contributed by atoms with E-state index in [1.807, 2.05) is 19.2 Å². The molecule has 5 heteroatoms. The Labute approximate surface area is 114 Å². The summed E-state index contributed by atoms with van der Waals surface area (Å²) < 4.78 is 15.9. The molecule has 2 rings (SSSR count). The predicted octanol–water partition coefficient (Wildman–Crippen LogP) is 3.90. The van der Waals surface area contributed by atoms with E-state index in [-0.39, 0.29) is 5.82 Å². The van der Waals surface area contributed by atoms with Gasteiger partial charge in [-0.3, -0.25) is 0 Å². The van der Waals surface area contributed by atoms with Gasteiger partial charge in [-0.1, -0.05) is 12.1 Å². The lowest BCUT2D eigenvalue weighted by Crippen LogP contribution is -2.07. The van der Waals surface area contributed by atoms with Gasteiger partial charge in [-0.15, -0.1) is 11.3 Å². The second-order valence-electron chi connectivity index (χ2n) is 3.73. The summed E-state index contributed by atoms with van der Waals surface area (Å²) in [5.74, 6) is -0.217. The third-order valence-electron chi connectivity index (χ3n) is 2.26. The average molecular weight is 278 g/mol. The van der Waals surface area contributed by atoms with E-state index in [4.69, 9.17) is 5.26 Å². The van der Waals surface area contributed by atoms with Crippen LogP contribution in [0.25, 0.3) is 0 Å². The second kappa shape index (κ2) is 6.01. The molecule has 92 valence electrons. The fraction of sp³-hybridized carbons (Fsp3) is 0.154. The van der Waals surface area contributed by atoms with E-state index in [1.54, 1.807) is 24.1 Å².